The van der Waals surface area contributed by atoms with Crippen molar-refractivity contribution >= 4 is 32.6 Å². The highest BCUT2D eigenvalue weighted by Crippen LogP contribution is 2.36. The maximum absolute atomic E-state index is 10.9. The predicted molar refractivity (Wildman–Crippen MR) is 98.2 cm³/mol. The number of carbonyl (C=O) groups is 1. The van der Waals surface area contributed by atoms with Crippen LogP contribution in [0.15, 0.2) is 12.1 Å². The molecular formula is C17H24N4O2S. The third-order valence-corrected chi connectivity index (χ3v) is 5.61. The standard InChI is InChI=1S/C17H24N4O2S/c1-12-4-5-14(23-3)15-16(12)24-17(19-15)21-10-8-20(9-11-21)7-6-18-13(2)22/h4-5H,6-11H2,1-3H3,(H,18,22). The van der Waals surface area contributed by atoms with E-state index < -0.39 is 0 Å². The molecule has 0 atom stereocenters. The number of nitrogens with zero attached hydrogens (tertiary/aromatic N) is 3. The molecule has 3 rings (SSSR count). The molecule has 0 aliphatic carbocycles. The second-order valence-corrected chi connectivity index (χ2v) is 7.05. The molecule has 1 N–H and O–H groups in total. The van der Waals surface area contributed by atoms with E-state index in [0.29, 0.717) is 6.54 Å². The van der Waals surface area contributed by atoms with Gasteiger partial charge < -0.3 is 15.0 Å². The molecule has 1 saturated heterocycles. The Morgan fingerprint density at radius 2 is 2.08 bits per heavy atom. The van der Waals surface area contributed by atoms with E-state index in [1.807, 2.05) is 6.07 Å². The van der Waals surface area contributed by atoms with Gasteiger partial charge in [0.25, 0.3) is 0 Å². The smallest absolute Gasteiger partial charge is 0.216 e. The molecule has 2 aromatic rings. The zero-order chi connectivity index (χ0) is 17.1. The van der Waals surface area contributed by atoms with Gasteiger partial charge in [-0.05, 0) is 18.6 Å². The maximum Gasteiger partial charge on any atom is 0.216 e. The number of rotatable bonds is 5. The minimum absolute atomic E-state index is 0.0347. The third kappa shape index (κ3) is 3.62. The molecule has 0 radical (unpaired) electrons. The van der Waals surface area contributed by atoms with Crippen molar-refractivity contribution < 1.29 is 9.53 Å². The van der Waals surface area contributed by atoms with Gasteiger partial charge >= 0.3 is 0 Å². The van der Waals surface area contributed by atoms with E-state index in [0.717, 1.165) is 49.1 Å². The Balaban J connectivity index is 1.65. The number of hydrogen-bond acceptors (Lipinski definition) is 6. The zero-order valence-electron chi connectivity index (χ0n) is 14.5. The monoisotopic (exact) mass is 348 g/mol. The summed E-state index contributed by atoms with van der Waals surface area (Å²) in [7, 11) is 1.69. The summed E-state index contributed by atoms with van der Waals surface area (Å²) in [5.41, 5.74) is 2.20. The molecule has 0 spiro atoms. The number of fused-ring (bicyclic) bond motifs is 1. The second-order valence-electron chi connectivity index (χ2n) is 6.07. The Morgan fingerprint density at radius 3 is 2.75 bits per heavy atom. The van der Waals surface area contributed by atoms with Crippen LogP contribution in [0.3, 0.4) is 0 Å². The van der Waals surface area contributed by atoms with Crippen molar-refractivity contribution in [2.24, 2.45) is 0 Å². The highest BCUT2D eigenvalue weighted by molar-refractivity contribution is 7.22. The number of thiazole rings is 1. The van der Waals surface area contributed by atoms with Crippen molar-refractivity contribution in [3.63, 3.8) is 0 Å². The average molecular weight is 348 g/mol. The topological polar surface area (TPSA) is 57.7 Å². The number of methoxy groups -OCH3 is 1. The van der Waals surface area contributed by atoms with Crippen LogP contribution in [0.4, 0.5) is 5.13 Å². The fourth-order valence-corrected chi connectivity index (χ4v) is 4.05. The quantitative estimate of drug-likeness (QED) is 0.894. The molecule has 0 unspecified atom stereocenters. The lowest BCUT2D eigenvalue weighted by atomic mass is 10.2. The van der Waals surface area contributed by atoms with Gasteiger partial charge in [-0.2, -0.15) is 0 Å². The Morgan fingerprint density at radius 1 is 1.33 bits per heavy atom. The molecule has 1 fully saturated rings. The third-order valence-electron chi connectivity index (χ3n) is 4.36. The lowest BCUT2D eigenvalue weighted by Crippen LogP contribution is -2.48. The predicted octanol–water partition coefficient (Wildman–Crippen LogP) is 1.87. The van der Waals surface area contributed by atoms with Gasteiger partial charge in [0.15, 0.2) is 5.13 Å². The van der Waals surface area contributed by atoms with Crippen LogP contribution in [0.25, 0.3) is 10.2 Å². The van der Waals surface area contributed by atoms with Crippen molar-refractivity contribution in [2.45, 2.75) is 13.8 Å². The molecule has 1 aromatic heterocycles. The molecule has 0 bridgehead atoms. The molecule has 2 heterocycles. The van der Waals surface area contributed by atoms with E-state index in [4.69, 9.17) is 9.72 Å². The Bertz CT molecular complexity index is 723. The minimum Gasteiger partial charge on any atom is -0.494 e. The molecule has 1 aliphatic rings. The molecule has 130 valence electrons. The molecule has 1 aliphatic heterocycles. The first-order valence-corrected chi connectivity index (χ1v) is 9.06. The first-order chi connectivity index (χ1) is 11.6. The van der Waals surface area contributed by atoms with Crippen molar-refractivity contribution in [1.82, 2.24) is 15.2 Å². The lowest BCUT2D eigenvalue weighted by Gasteiger charge is -2.34. The second kappa shape index (κ2) is 7.36. The summed E-state index contributed by atoms with van der Waals surface area (Å²) in [5, 5.41) is 3.92. The summed E-state index contributed by atoms with van der Waals surface area (Å²) in [5.74, 6) is 0.875. The summed E-state index contributed by atoms with van der Waals surface area (Å²) >= 11 is 1.74. The van der Waals surface area contributed by atoms with E-state index in [1.165, 1.54) is 10.3 Å². The van der Waals surface area contributed by atoms with Gasteiger partial charge in [-0.25, -0.2) is 4.98 Å². The first-order valence-electron chi connectivity index (χ1n) is 8.24. The number of nitrogens with one attached hydrogen (secondary N) is 1. The summed E-state index contributed by atoms with van der Waals surface area (Å²) in [6.45, 7) is 9.19. The molecule has 7 heteroatoms. The van der Waals surface area contributed by atoms with Crippen molar-refractivity contribution in [3.8, 4) is 5.75 Å². The van der Waals surface area contributed by atoms with E-state index in [1.54, 1.807) is 25.4 Å². The number of anilines is 1. The first kappa shape index (κ1) is 17.0. The number of amides is 1. The average Bonchev–Trinajstić information content (AvgIpc) is 3.02. The van der Waals surface area contributed by atoms with Gasteiger partial charge in [0.2, 0.25) is 5.91 Å². The van der Waals surface area contributed by atoms with Crippen LogP contribution < -0.4 is 15.0 Å². The van der Waals surface area contributed by atoms with Crippen LogP contribution in [0, 0.1) is 6.92 Å². The number of piperazine rings is 1. The van der Waals surface area contributed by atoms with Crippen LogP contribution in [-0.4, -0.2) is 62.2 Å². The summed E-state index contributed by atoms with van der Waals surface area (Å²) < 4.78 is 6.65. The molecule has 1 amide bonds. The zero-order valence-corrected chi connectivity index (χ0v) is 15.3. The fourth-order valence-electron chi connectivity index (χ4n) is 2.95. The van der Waals surface area contributed by atoms with Gasteiger partial charge in [-0.3, -0.25) is 9.69 Å². The number of ether oxygens (including phenoxy) is 1. The normalized spacial score (nSPS) is 15.7. The number of benzene rings is 1. The number of hydrogen-bond donors (Lipinski definition) is 1. The Labute approximate surface area is 146 Å². The van der Waals surface area contributed by atoms with Gasteiger partial charge in [0.1, 0.15) is 11.3 Å². The SMILES string of the molecule is COc1ccc(C)c2sc(N3CCN(CCNC(C)=O)CC3)nc12. The van der Waals surface area contributed by atoms with Crippen molar-refractivity contribution in [1.29, 1.82) is 0 Å². The number of aryl methyl sites for hydroxylation is 1. The van der Waals surface area contributed by atoms with Crippen molar-refractivity contribution in [2.75, 3.05) is 51.3 Å². The molecule has 24 heavy (non-hydrogen) atoms. The number of aromatic nitrogens is 1. The van der Waals surface area contributed by atoms with Crippen LogP contribution in [0.2, 0.25) is 0 Å². The Hall–Kier alpha value is -1.86. The van der Waals surface area contributed by atoms with Crippen LogP contribution >= 0.6 is 11.3 Å². The summed E-state index contributed by atoms with van der Waals surface area (Å²) in [4.78, 5) is 20.5. The van der Waals surface area contributed by atoms with E-state index in [9.17, 15) is 4.79 Å². The van der Waals surface area contributed by atoms with Gasteiger partial charge in [0, 0.05) is 46.2 Å². The summed E-state index contributed by atoms with van der Waals surface area (Å²) in [6, 6.07) is 4.07. The van der Waals surface area contributed by atoms with E-state index >= 15 is 0 Å². The highest BCUT2D eigenvalue weighted by atomic mass is 32.1. The Kier molecular flexibility index (Phi) is 5.20. The van der Waals surface area contributed by atoms with E-state index in [-0.39, 0.29) is 5.91 Å². The lowest BCUT2D eigenvalue weighted by molar-refractivity contribution is -0.119. The number of carbonyl (C=O) groups excluding carboxylic acids is 1. The maximum atomic E-state index is 10.9. The minimum atomic E-state index is 0.0347. The van der Waals surface area contributed by atoms with Crippen LogP contribution in [0.1, 0.15) is 12.5 Å². The van der Waals surface area contributed by atoms with Gasteiger partial charge in [-0.15, -0.1) is 0 Å². The van der Waals surface area contributed by atoms with Gasteiger partial charge in [-0.1, -0.05) is 17.4 Å². The largest absolute Gasteiger partial charge is 0.494 e. The molecule has 0 saturated carbocycles. The van der Waals surface area contributed by atoms with Crippen molar-refractivity contribution in [3.05, 3.63) is 17.7 Å². The fraction of sp³-hybridized carbons (Fsp3) is 0.529. The molecular weight excluding hydrogens is 324 g/mol. The van der Waals surface area contributed by atoms with Crippen LogP contribution in [0.5, 0.6) is 5.75 Å². The summed E-state index contributed by atoms with van der Waals surface area (Å²) in [6.07, 6.45) is 0. The van der Waals surface area contributed by atoms with Crippen LogP contribution in [-0.2, 0) is 4.79 Å². The molecule has 1 aromatic carbocycles. The molecule has 6 nitrogen and oxygen atoms in total. The van der Waals surface area contributed by atoms with Gasteiger partial charge in [0.05, 0.1) is 11.8 Å². The highest BCUT2D eigenvalue weighted by Gasteiger charge is 2.21. The van der Waals surface area contributed by atoms with E-state index in [2.05, 4.69) is 28.1 Å².